The van der Waals surface area contributed by atoms with Crippen LogP contribution in [0.2, 0.25) is 0 Å². The summed E-state index contributed by atoms with van der Waals surface area (Å²) in [6.45, 7) is 4.21. The van der Waals surface area contributed by atoms with Gasteiger partial charge in [0, 0.05) is 12.2 Å². The van der Waals surface area contributed by atoms with E-state index in [0.717, 1.165) is 38.2 Å². The Hall–Kier alpha value is -3.03. The fourth-order valence-corrected chi connectivity index (χ4v) is 3.49. The molecule has 0 radical (unpaired) electrons. The van der Waals surface area contributed by atoms with Gasteiger partial charge in [-0.15, -0.1) is 0 Å². The van der Waals surface area contributed by atoms with Crippen molar-refractivity contribution in [1.82, 2.24) is 14.5 Å². The molecule has 1 aromatic carbocycles. The Bertz CT molecular complexity index is 1020. The largest absolute Gasteiger partial charge is 0.478 e. The number of hydrogen-bond acceptors (Lipinski definition) is 4. The summed E-state index contributed by atoms with van der Waals surface area (Å²) in [5.41, 5.74) is 0.298. The highest BCUT2D eigenvalue weighted by atomic mass is 19.1. The predicted octanol–water partition coefficient (Wildman–Crippen LogP) is 5.68. The van der Waals surface area contributed by atoms with Crippen molar-refractivity contribution in [2.24, 2.45) is 0 Å². The van der Waals surface area contributed by atoms with Gasteiger partial charge in [0.1, 0.15) is 23.6 Å². The van der Waals surface area contributed by atoms with Crippen molar-refractivity contribution in [2.45, 2.75) is 52.0 Å². The molecule has 0 aliphatic heterocycles. The van der Waals surface area contributed by atoms with Crippen LogP contribution in [0, 0.1) is 11.6 Å². The molecule has 0 aliphatic rings. The van der Waals surface area contributed by atoms with Gasteiger partial charge in [0.25, 0.3) is 0 Å². The maximum atomic E-state index is 14.9. The molecule has 0 amide bonds. The Kier molecular flexibility index (Phi) is 6.41. The molecule has 2 heterocycles. The van der Waals surface area contributed by atoms with Crippen LogP contribution in [0.1, 0.15) is 62.4 Å². The number of benzene rings is 1. The Morgan fingerprint density at radius 3 is 2.62 bits per heavy atom. The first-order valence-electron chi connectivity index (χ1n) is 9.77. The molecular formula is C21H24F2N4O2. The normalized spacial score (nSPS) is 12.3. The monoisotopic (exact) mass is 402 g/mol. The van der Waals surface area contributed by atoms with Gasteiger partial charge >= 0.3 is 5.97 Å². The zero-order valence-electron chi connectivity index (χ0n) is 16.5. The number of anilines is 2. The van der Waals surface area contributed by atoms with Crippen molar-refractivity contribution in [3.05, 3.63) is 47.9 Å². The molecule has 29 heavy (non-hydrogen) atoms. The highest BCUT2D eigenvalue weighted by Gasteiger charge is 2.20. The summed E-state index contributed by atoms with van der Waals surface area (Å²) in [5.74, 6) is -2.33. The molecule has 0 fully saturated rings. The molecule has 154 valence electrons. The number of aromatic carboxylic acids is 1. The van der Waals surface area contributed by atoms with E-state index in [9.17, 15) is 13.6 Å². The first-order valence-corrected chi connectivity index (χ1v) is 9.77. The number of fused-ring (bicyclic) bond motifs is 1. The first kappa shape index (κ1) is 20.7. The van der Waals surface area contributed by atoms with Gasteiger partial charge in [0.2, 0.25) is 0 Å². The van der Waals surface area contributed by atoms with Crippen molar-refractivity contribution in [3.63, 3.8) is 0 Å². The Balaban J connectivity index is 2.00. The molecule has 3 aromatic rings. The van der Waals surface area contributed by atoms with E-state index < -0.39 is 17.6 Å². The van der Waals surface area contributed by atoms with Crippen LogP contribution in [0.5, 0.6) is 0 Å². The van der Waals surface area contributed by atoms with E-state index in [0.29, 0.717) is 5.65 Å². The number of halogens is 2. The third-order valence-electron chi connectivity index (χ3n) is 4.94. The number of carboxylic acid groups (broad SMARTS) is 1. The molecule has 0 spiro atoms. The smallest absolute Gasteiger partial charge is 0.335 e. The van der Waals surface area contributed by atoms with Gasteiger partial charge in [0.05, 0.1) is 16.6 Å². The van der Waals surface area contributed by atoms with Crippen LogP contribution in [0.25, 0.3) is 11.0 Å². The van der Waals surface area contributed by atoms with Crippen molar-refractivity contribution in [3.8, 4) is 0 Å². The van der Waals surface area contributed by atoms with Crippen molar-refractivity contribution in [1.29, 1.82) is 0 Å². The average molecular weight is 402 g/mol. The van der Waals surface area contributed by atoms with E-state index in [-0.39, 0.29) is 28.5 Å². The third-order valence-corrected chi connectivity index (χ3v) is 4.94. The average Bonchev–Trinajstić information content (AvgIpc) is 3.04. The second kappa shape index (κ2) is 8.98. The maximum Gasteiger partial charge on any atom is 0.335 e. The molecule has 0 aliphatic carbocycles. The maximum absolute atomic E-state index is 14.9. The van der Waals surface area contributed by atoms with E-state index >= 15 is 0 Å². The predicted molar refractivity (Wildman–Crippen MR) is 108 cm³/mol. The number of carboxylic acids is 1. The zero-order valence-corrected chi connectivity index (χ0v) is 16.5. The van der Waals surface area contributed by atoms with E-state index in [4.69, 9.17) is 5.11 Å². The lowest BCUT2D eigenvalue weighted by atomic mass is 10.1. The molecule has 3 rings (SSSR count). The zero-order chi connectivity index (χ0) is 21.0. The lowest BCUT2D eigenvalue weighted by Gasteiger charge is -2.18. The van der Waals surface area contributed by atoms with Gasteiger partial charge in [0.15, 0.2) is 5.82 Å². The van der Waals surface area contributed by atoms with Gasteiger partial charge in [-0.05, 0) is 31.0 Å². The van der Waals surface area contributed by atoms with Crippen LogP contribution in [-0.2, 0) is 0 Å². The second-order valence-corrected chi connectivity index (χ2v) is 7.01. The summed E-state index contributed by atoms with van der Waals surface area (Å²) < 4.78 is 31.0. The van der Waals surface area contributed by atoms with E-state index in [1.165, 1.54) is 24.7 Å². The number of hydrogen-bond donors (Lipinski definition) is 2. The molecule has 1 atom stereocenters. The minimum atomic E-state index is -1.22. The summed E-state index contributed by atoms with van der Waals surface area (Å²) in [5, 5.41) is 11.9. The van der Waals surface area contributed by atoms with Crippen molar-refractivity contribution < 1.29 is 18.7 Å². The summed E-state index contributed by atoms with van der Waals surface area (Å²) in [6.07, 6.45) is 7.62. The number of aromatic nitrogens is 3. The molecule has 8 heteroatoms. The molecule has 1 unspecified atom stereocenters. The van der Waals surface area contributed by atoms with E-state index in [1.807, 2.05) is 4.57 Å². The number of nitrogens with one attached hydrogen (secondary N) is 1. The highest BCUT2D eigenvalue weighted by Crippen LogP contribution is 2.32. The van der Waals surface area contributed by atoms with Crippen LogP contribution in [0.3, 0.4) is 0 Å². The molecule has 6 nitrogen and oxygen atoms in total. The number of carbonyl (C=O) groups is 1. The Morgan fingerprint density at radius 1 is 1.17 bits per heavy atom. The summed E-state index contributed by atoms with van der Waals surface area (Å²) in [6, 6.07) is 3.60. The standard InChI is InChI=1S/C21H24F2N4O2/c1-3-5-7-14(6-4-2)27-11-16(23)18-19(24-12-25-20(18)27)26-17-9-8-13(21(28)29)10-15(17)22/h8-12,14H,3-7H2,1-2H3,(H,28,29)(H,24,25,26). The lowest BCUT2D eigenvalue weighted by Crippen LogP contribution is -2.09. The summed E-state index contributed by atoms with van der Waals surface area (Å²) in [4.78, 5) is 19.3. The minimum Gasteiger partial charge on any atom is -0.478 e. The first-order chi connectivity index (χ1) is 14.0. The third kappa shape index (κ3) is 4.36. The van der Waals surface area contributed by atoms with Gasteiger partial charge in [-0.3, -0.25) is 0 Å². The summed E-state index contributed by atoms with van der Waals surface area (Å²) in [7, 11) is 0. The van der Waals surface area contributed by atoms with Gasteiger partial charge < -0.3 is 15.0 Å². The van der Waals surface area contributed by atoms with E-state index in [1.54, 1.807) is 0 Å². The Labute approximate surface area is 167 Å². The fraction of sp³-hybridized carbons (Fsp3) is 0.381. The molecule has 2 aromatic heterocycles. The van der Waals surface area contributed by atoms with Crippen LogP contribution < -0.4 is 5.32 Å². The second-order valence-electron chi connectivity index (χ2n) is 7.01. The van der Waals surface area contributed by atoms with Gasteiger partial charge in [-0.2, -0.15) is 0 Å². The minimum absolute atomic E-state index is 0.0123. The number of nitrogens with zero attached hydrogens (tertiary/aromatic N) is 3. The number of unbranched alkanes of at least 4 members (excludes halogenated alkanes) is 1. The quantitative estimate of drug-likeness (QED) is 0.481. The topological polar surface area (TPSA) is 80.0 Å². The van der Waals surface area contributed by atoms with Crippen LogP contribution in [0.4, 0.5) is 20.3 Å². The number of rotatable bonds is 9. The van der Waals surface area contributed by atoms with Gasteiger partial charge in [-0.25, -0.2) is 23.5 Å². The lowest BCUT2D eigenvalue weighted by molar-refractivity contribution is 0.0696. The SMILES string of the molecule is CCCCC(CCC)n1cc(F)c2c(Nc3ccc(C(=O)O)cc3F)ncnc21. The van der Waals surface area contributed by atoms with Crippen LogP contribution in [-0.4, -0.2) is 25.6 Å². The molecular weight excluding hydrogens is 378 g/mol. The molecule has 0 bridgehead atoms. The molecule has 0 saturated heterocycles. The van der Waals surface area contributed by atoms with Crippen molar-refractivity contribution >= 4 is 28.5 Å². The Morgan fingerprint density at radius 2 is 1.97 bits per heavy atom. The van der Waals surface area contributed by atoms with E-state index in [2.05, 4.69) is 29.1 Å². The molecule has 0 saturated carbocycles. The summed E-state index contributed by atoms with van der Waals surface area (Å²) >= 11 is 0. The molecule has 2 N–H and O–H groups in total. The fourth-order valence-electron chi connectivity index (χ4n) is 3.49. The highest BCUT2D eigenvalue weighted by molar-refractivity contribution is 5.91. The van der Waals surface area contributed by atoms with Crippen molar-refractivity contribution in [2.75, 3.05) is 5.32 Å². The van der Waals surface area contributed by atoms with Crippen LogP contribution >= 0.6 is 0 Å². The van der Waals surface area contributed by atoms with Gasteiger partial charge in [-0.1, -0.05) is 33.1 Å². The van der Waals surface area contributed by atoms with Crippen LogP contribution in [0.15, 0.2) is 30.7 Å².